The lowest BCUT2D eigenvalue weighted by atomic mass is 10.2. The van der Waals surface area contributed by atoms with E-state index in [1.807, 2.05) is 20.8 Å². The predicted octanol–water partition coefficient (Wildman–Crippen LogP) is 4.26. The summed E-state index contributed by atoms with van der Waals surface area (Å²) in [6, 6.07) is 0. The number of unbranched alkanes of at least 4 members (excludes halogenated alkanes) is 9. The summed E-state index contributed by atoms with van der Waals surface area (Å²) >= 11 is 0. The topological polar surface area (TPSA) is 102 Å². The molecule has 0 bridgehead atoms. The maximum Gasteiger partial charge on any atom is 0.262 e. The molecular formula is C19H40O6S3. The van der Waals surface area contributed by atoms with Gasteiger partial charge in [-0.2, -0.15) is 0 Å². The average molecular weight is 461 g/mol. The van der Waals surface area contributed by atoms with Crippen LogP contribution in [0.5, 0.6) is 0 Å². The molecular weight excluding hydrogens is 420 g/mol. The van der Waals surface area contributed by atoms with Crippen molar-refractivity contribution in [2.75, 3.05) is 17.3 Å². The van der Waals surface area contributed by atoms with Crippen LogP contribution in [-0.4, -0.2) is 46.4 Å². The summed E-state index contributed by atoms with van der Waals surface area (Å²) in [6.07, 6.45) is 8.09. The molecule has 170 valence electrons. The largest absolute Gasteiger partial charge is 0.262 e. The molecule has 0 saturated heterocycles. The Kier molecular flexibility index (Phi) is 13.9. The summed E-state index contributed by atoms with van der Waals surface area (Å²) in [4.78, 5) is 0. The van der Waals surface area contributed by atoms with Gasteiger partial charge < -0.3 is 0 Å². The third-order valence-electron chi connectivity index (χ3n) is 4.73. The van der Waals surface area contributed by atoms with E-state index in [2.05, 4.69) is 0 Å². The second-order valence-corrected chi connectivity index (χ2v) is 15.1. The van der Waals surface area contributed by atoms with Crippen LogP contribution in [0, 0.1) is 0 Å². The van der Waals surface area contributed by atoms with Crippen LogP contribution in [0.25, 0.3) is 0 Å². The lowest BCUT2D eigenvalue weighted by Gasteiger charge is -2.19. The van der Waals surface area contributed by atoms with Crippen molar-refractivity contribution in [2.24, 2.45) is 0 Å². The molecule has 0 amide bonds. The number of hydrogen-bond acceptors (Lipinski definition) is 6. The average Bonchev–Trinajstić information content (AvgIpc) is 2.58. The van der Waals surface area contributed by atoms with Gasteiger partial charge in [-0.15, -0.1) is 0 Å². The molecule has 0 aromatic carbocycles. The van der Waals surface area contributed by atoms with Gasteiger partial charge in [-0.1, -0.05) is 78.6 Å². The van der Waals surface area contributed by atoms with E-state index < -0.39 is 33.4 Å². The zero-order valence-corrected chi connectivity index (χ0v) is 20.3. The van der Waals surface area contributed by atoms with E-state index in [9.17, 15) is 25.3 Å². The van der Waals surface area contributed by atoms with Gasteiger partial charge in [-0.3, -0.25) is 0 Å². The van der Waals surface area contributed by atoms with Crippen molar-refractivity contribution in [1.82, 2.24) is 0 Å². The number of rotatable bonds is 18. The minimum Gasteiger partial charge on any atom is -0.226 e. The van der Waals surface area contributed by atoms with Crippen molar-refractivity contribution < 1.29 is 25.3 Å². The third kappa shape index (κ3) is 10.6. The molecule has 0 rings (SSSR count). The van der Waals surface area contributed by atoms with Crippen molar-refractivity contribution in [1.29, 1.82) is 0 Å². The fraction of sp³-hybridized carbons (Fsp3) is 1.00. The molecule has 0 saturated carbocycles. The maximum absolute atomic E-state index is 12.8. The van der Waals surface area contributed by atoms with Gasteiger partial charge in [0.1, 0.15) is 0 Å². The van der Waals surface area contributed by atoms with E-state index >= 15 is 0 Å². The summed E-state index contributed by atoms with van der Waals surface area (Å²) in [5.41, 5.74) is 0. The van der Waals surface area contributed by atoms with Gasteiger partial charge in [0.05, 0.1) is 17.3 Å². The van der Waals surface area contributed by atoms with Crippen LogP contribution in [0.15, 0.2) is 0 Å². The molecule has 0 N–H and O–H groups in total. The van der Waals surface area contributed by atoms with Crippen molar-refractivity contribution in [3.8, 4) is 0 Å². The van der Waals surface area contributed by atoms with Crippen molar-refractivity contribution in [2.45, 2.75) is 102 Å². The van der Waals surface area contributed by atoms with Crippen molar-refractivity contribution in [3.63, 3.8) is 0 Å². The zero-order chi connectivity index (χ0) is 21.7. The quantitative estimate of drug-likeness (QED) is 0.283. The summed E-state index contributed by atoms with van der Waals surface area (Å²) in [5.74, 6) is -1.17. The smallest absolute Gasteiger partial charge is 0.226 e. The van der Waals surface area contributed by atoms with E-state index in [1.165, 1.54) is 0 Å². The second kappa shape index (κ2) is 14.0. The molecule has 0 spiro atoms. The Morgan fingerprint density at radius 1 is 0.429 bits per heavy atom. The normalized spacial score (nSPS) is 13.3. The van der Waals surface area contributed by atoms with E-state index in [4.69, 9.17) is 0 Å². The monoisotopic (exact) mass is 460 g/mol. The van der Waals surface area contributed by atoms with Gasteiger partial charge in [-0.05, 0) is 19.3 Å². The van der Waals surface area contributed by atoms with Crippen LogP contribution in [0.1, 0.15) is 97.8 Å². The summed E-state index contributed by atoms with van der Waals surface area (Å²) in [6.45, 7) is 5.95. The van der Waals surface area contributed by atoms with E-state index in [-0.39, 0.29) is 17.3 Å². The molecule has 9 heteroatoms. The maximum atomic E-state index is 12.8. The van der Waals surface area contributed by atoms with Crippen LogP contribution < -0.4 is 0 Å². The zero-order valence-electron chi connectivity index (χ0n) is 17.9. The molecule has 6 nitrogen and oxygen atoms in total. The molecule has 0 aliphatic heterocycles. The first-order valence-corrected chi connectivity index (χ1v) is 15.8. The van der Waals surface area contributed by atoms with Crippen LogP contribution in [0.3, 0.4) is 0 Å². The van der Waals surface area contributed by atoms with Gasteiger partial charge in [0, 0.05) is 0 Å². The molecule has 0 heterocycles. The minimum absolute atomic E-state index is 0.295. The fourth-order valence-corrected chi connectivity index (χ4v) is 12.6. The minimum atomic E-state index is -4.28. The molecule has 0 fully saturated rings. The Morgan fingerprint density at radius 2 is 0.679 bits per heavy atom. The molecule has 0 atom stereocenters. The van der Waals surface area contributed by atoms with E-state index in [1.54, 1.807) is 0 Å². The first kappa shape index (κ1) is 27.8. The second-order valence-electron chi connectivity index (χ2n) is 7.57. The molecule has 0 unspecified atom stereocenters. The van der Waals surface area contributed by atoms with Gasteiger partial charge >= 0.3 is 0 Å². The highest BCUT2D eigenvalue weighted by atomic mass is 32.3. The fourth-order valence-electron chi connectivity index (χ4n) is 3.15. The summed E-state index contributed by atoms with van der Waals surface area (Å²) in [5, 5.41) is 0. The highest BCUT2D eigenvalue weighted by Gasteiger charge is 2.46. The van der Waals surface area contributed by atoms with Crippen molar-refractivity contribution >= 4 is 29.5 Å². The highest BCUT2D eigenvalue weighted by Crippen LogP contribution is 2.23. The lowest BCUT2D eigenvalue weighted by Crippen LogP contribution is -2.41. The van der Waals surface area contributed by atoms with Crippen LogP contribution in [-0.2, 0) is 29.5 Å². The SMILES string of the molecule is CCCCCCS(=O)(=O)C(S(=O)(=O)CCCCCC)S(=O)(=O)CCCCCC. The number of sulfone groups is 3. The lowest BCUT2D eigenvalue weighted by molar-refractivity contribution is 0.566. The van der Waals surface area contributed by atoms with Crippen LogP contribution in [0.2, 0.25) is 0 Å². The Hall–Kier alpha value is -0.150. The van der Waals surface area contributed by atoms with Gasteiger partial charge in [0.25, 0.3) is 3.91 Å². The molecule has 0 aliphatic carbocycles. The molecule has 28 heavy (non-hydrogen) atoms. The van der Waals surface area contributed by atoms with Gasteiger partial charge in [0.2, 0.25) is 0 Å². The molecule has 0 radical (unpaired) electrons. The molecule has 0 aliphatic rings. The molecule has 0 aromatic rings. The number of hydrogen-bond donors (Lipinski definition) is 0. The van der Waals surface area contributed by atoms with Gasteiger partial charge in [-0.25, -0.2) is 25.3 Å². The van der Waals surface area contributed by atoms with Crippen molar-refractivity contribution in [3.05, 3.63) is 0 Å². The van der Waals surface area contributed by atoms with E-state index in [0.29, 0.717) is 38.5 Å². The predicted molar refractivity (Wildman–Crippen MR) is 118 cm³/mol. The Labute approximate surface area is 173 Å². The standard InChI is InChI=1S/C19H40O6S3/c1-4-7-10-13-16-26(20,21)19(27(22,23)17-14-11-8-5-2)28(24,25)18-15-12-9-6-3/h19H,4-18H2,1-3H3. The Morgan fingerprint density at radius 3 is 0.893 bits per heavy atom. The summed E-state index contributed by atoms with van der Waals surface area (Å²) < 4.78 is 74.5. The highest BCUT2D eigenvalue weighted by molar-refractivity contribution is 8.24. The summed E-state index contributed by atoms with van der Waals surface area (Å²) in [7, 11) is -12.8. The van der Waals surface area contributed by atoms with Crippen LogP contribution >= 0.6 is 0 Å². The van der Waals surface area contributed by atoms with Gasteiger partial charge in [0.15, 0.2) is 29.5 Å². The first-order chi connectivity index (χ1) is 13.0. The van der Waals surface area contributed by atoms with Crippen LogP contribution in [0.4, 0.5) is 0 Å². The molecule has 0 aromatic heterocycles. The first-order valence-electron chi connectivity index (χ1n) is 10.7. The Bertz CT molecular complexity index is 609. The van der Waals surface area contributed by atoms with E-state index in [0.717, 1.165) is 38.5 Å². The third-order valence-corrected chi connectivity index (χ3v) is 14.3. The Balaban J connectivity index is 5.51.